The number of fused-ring (bicyclic) bond motifs is 1. The van der Waals surface area contributed by atoms with Crippen LogP contribution in [-0.4, -0.2) is 216 Å². The molecule has 1 unspecified atom stereocenters. The van der Waals surface area contributed by atoms with Crippen LogP contribution in [0.3, 0.4) is 0 Å². The first-order chi connectivity index (χ1) is 41.0. The lowest BCUT2D eigenvalue weighted by Crippen LogP contribution is -2.39. The number of halogens is 4. The van der Waals surface area contributed by atoms with E-state index in [1.165, 1.54) is 5.06 Å². The topological polar surface area (TPSA) is 334 Å². The van der Waals surface area contributed by atoms with Crippen molar-refractivity contribution in [1.82, 2.24) is 25.7 Å². The number of esters is 1. The van der Waals surface area contributed by atoms with Crippen LogP contribution in [0.15, 0.2) is 46.1 Å². The molecule has 472 valence electrons. The Morgan fingerprint density at radius 3 is 1.66 bits per heavy atom. The van der Waals surface area contributed by atoms with Crippen LogP contribution in [-0.2, 0) is 88.0 Å². The van der Waals surface area contributed by atoms with Crippen LogP contribution in [0.2, 0.25) is 0 Å². The van der Waals surface area contributed by atoms with Gasteiger partial charge in [-0.3, -0.25) is 23.8 Å². The van der Waals surface area contributed by atoms with Crippen molar-refractivity contribution in [3.63, 3.8) is 0 Å². The average molecular weight is 1230 g/mol. The van der Waals surface area contributed by atoms with Gasteiger partial charge in [-0.15, -0.1) is 0 Å². The summed E-state index contributed by atoms with van der Waals surface area (Å²) in [6, 6.07) is 5.18. The summed E-state index contributed by atoms with van der Waals surface area (Å²) in [7, 11) is -5.65. The number of alkyl carbamates (subject to hydrolysis) is 1. The number of cyclic esters (lactones) is 1. The maximum atomic E-state index is 14.0. The molecule has 5 N–H and O–H groups in total. The maximum absolute atomic E-state index is 14.0. The second-order valence-electron chi connectivity index (χ2n) is 18.0. The van der Waals surface area contributed by atoms with Gasteiger partial charge in [0, 0.05) is 48.5 Å². The Balaban J connectivity index is 0.750. The molecular formula is C53H71F4N7O20S. The number of carbonyl (C=O) groups excluding carboxylic acids is 4. The number of hydrogen-bond donors (Lipinski definition) is 4. The van der Waals surface area contributed by atoms with Gasteiger partial charge in [0.1, 0.15) is 18.3 Å². The summed E-state index contributed by atoms with van der Waals surface area (Å²) >= 11 is 0. The molecule has 1 saturated heterocycles. The summed E-state index contributed by atoms with van der Waals surface area (Å²) in [5.74, 6) is -12.6. The Hall–Kier alpha value is -6.40. The molecule has 3 aromatic rings. The molecule has 1 atom stereocenters. The first-order valence-corrected chi connectivity index (χ1v) is 28.4. The Morgan fingerprint density at radius 1 is 0.718 bits per heavy atom. The van der Waals surface area contributed by atoms with E-state index in [-0.39, 0.29) is 95.9 Å². The van der Waals surface area contributed by atoms with E-state index in [0.717, 1.165) is 5.56 Å². The minimum Gasteiger partial charge on any atom is -0.447 e. The van der Waals surface area contributed by atoms with E-state index in [1.807, 2.05) is 25.1 Å². The highest BCUT2D eigenvalue weighted by Gasteiger charge is 2.34. The van der Waals surface area contributed by atoms with Crippen LogP contribution in [0, 0.1) is 23.3 Å². The van der Waals surface area contributed by atoms with Crippen LogP contribution < -0.4 is 21.1 Å². The number of rotatable bonds is 44. The van der Waals surface area contributed by atoms with Crippen molar-refractivity contribution in [3.05, 3.63) is 70.8 Å². The van der Waals surface area contributed by atoms with Gasteiger partial charge < -0.3 is 73.2 Å². The molecule has 0 radical (unpaired) electrons. The molecule has 1 aromatic heterocycles. The summed E-state index contributed by atoms with van der Waals surface area (Å²) in [5.41, 5.74) is 9.43. The quantitative estimate of drug-likeness (QED) is 0.0120. The number of hydroxylamine groups is 2. The SMILES string of the molecule is CCCN(OCC1COC(=O)N1)C(=O)C1=Cc2ccc(-c3cnc(CNC(=O)CCOCCOCCOCCOCCOCCOCCOCCOCCOCCOCCC(=O)Oc4c(F)c(F)c(S(=O)(=O)O)c(F)c4F)nc3)cc2N=C(N)C1. The monoisotopic (exact) mass is 1230 g/mol. The van der Waals surface area contributed by atoms with Gasteiger partial charge in [-0.25, -0.2) is 33.6 Å². The van der Waals surface area contributed by atoms with Crippen molar-refractivity contribution in [2.75, 3.05) is 152 Å². The number of hydrogen-bond acceptors (Lipinski definition) is 23. The van der Waals surface area contributed by atoms with Crippen molar-refractivity contribution in [1.29, 1.82) is 0 Å². The third-order valence-electron chi connectivity index (χ3n) is 11.5. The van der Waals surface area contributed by atoms with E-state index < -0.39 is 62.5 Å². The van der Waals surface area contributed by atoms with E-state index in [9.17, 15) is 45.2 Å². The van der Waals surface area contributed by atoms with Crippen LogP contribution in [0.25, 0.3) is 17.2 Å². The fourth-order valence-corrected chi connectivity index (χ4v) is 7.96. The van der Waals surface area contributed by atoms with Gasteiger partial charge in [-0.05, 0) is 24.1 Å². The fourth-order valence-electron chi connectivity index (χ4n) is 7.33. The van der Waals surface area contributed by atoms with E-state index in [2.05, 4.69) is 30.3 Å². The summed E-state index contributed by atoms with van der Waals surface area (Å²) in [5, 5.41) is 6.70. The molecule has 2 aliphatic heterocycles. The molecule has 1 fully saturated rings. The maximum Gasteiger partial charge on any atom is 0.407 e. The zero-order valence-corrected chi connectivity index (χ0v) is 47.6. The molecule has 3 amide bonds. The third-order valence-corrected chi connectivity index (χ3v) is 12.4. The highest BCUT2D eigenvalue weighted by molar-refractivity contribution is 7.85. The van der Waals surface area contributed by atoms with E-state index in [1.54, 1.807) is 18.5 Å². The molecule has 2 aliphatic rings. The number of nitrogens with two attached hydrogens (primary N) is 1. The molecule has 0 saturated carbocycles. The number of carbonyl (C=O) groups is 4. The number of ether oxygens (including phenoxy) is 12. The largest absolute Gasteiger partial charge is 0.447 e. The minimum absolute atomic E-state index is 0.0124. The molecular weight excluding hydrogens is 1160 g/mol. The van der Waals surface area contributed by atoms with Gasteiger partial charge in [0.2, 0.25) is 23.3 Å². The van der Waals surface area contributed by atoms with Crippen molar-refractivity contribution >= 4 is 51.6 Å². The zero-order chi connectivity index (χ0) is 61.2. The van der Waals surface area contributed by atoms with Crippen molar-refractivity contribution in [2.45, 2.75) is 50.1 Å². The molecule has 3 heterocycles. The van der Waals surface area contributed by atoms with Gasteiger partial charge in [0.15, 0.2) is 16.5 Å². The van der Waals surface area contributed by atoms with Gasteiger partial charge >= 0.3 is 22.2 Å². The normalized spacial score (nSPS) is 14.0. The number of benzene rings is 2. The van der Waals surface area contributed by atoms with E-state index in [4.69, 9.17) is 67.2 Å². The molecule has 2 aromatic carbocycles. The van der Waals surface area contributed by atoms with Gasteiger partial charge in [-0.1, -0.05) is 19.1 Å². The smallest absolute Gasteiger partial charge is 0.407 e. The zero-order valence-electron chi connectivity index (χ0n) is 46.8. The van der Waals surface area contributed by atoms with Crippen molar-refractivity contribution < 1.29 is 111 Å². The Morgan fingerprint density at radius 2 is 1.20 bits per heavy atom. The fraction of sp³-hybridized carbons (Fsp3) is 0.566. The molecule has 27 nitrogen and oxygen atoms in total. The first-order valence-electron chi connectivity index (χ1n) is 27.0. The first kappa shape index (κ1) is 69.4. The Bertz CT molecular complexity index is 2740. The number of aliphatic imine (C=N–C) groups is 1. The molecule has 0 aliphatic carbocycles. The lowest BCUT2D eigenvalue weighted by atomic mass is 10.0. The van der Waals surface area contributed by atoms with Crippen LogP contribution >= 0.6 is 0 Å². The predicted octanol–water partition coefficient (Wildman–Crippen LogP) is 3.17. The van der Waals surface area contributed by atoms with Crippen LogP contribution in [0.5, 0.6) is 5.75 Å². The summed E-state index contributed by atoms with van der Waals surface area (Å²) < 4.78 is 150. The van der Waals surface area contributed by atoms with Gasteiger partial charge in [-0.2, -0.15) is 17.2 Å². The second kappa shape index (κ2) is 38.6. The molecule has 32 heteroatoms. The average Bonchev–Trinajstić information content (AvgIpc) is 2.54. The second-order valence-corrected chi connectivity index (χ2v) is 19.4. The number of nitrogens with zero attached hydrogens (tertiary/aromatic N) is 4. The summed E-state index contributed by atoms with van der Waals surface area (Å²) in [4.78, 5) is 66.1. The van der Waals surface area contributed by atoms with E-state index >= 15 is 0 Å². The lowest BCUT2D eigenvalue weighted by Gasteiger charge is -2.23. The predicted molar refractivity (Wildman–Crippen MR) is 289 cm³/mol. The highest BCUT2D eigenvalue weighted by atomic mass is 32.2. The van der Waals surface area contributed by atoms with Gasteiger partial charge in [0.05, 0.1) is 163 Å². The van der Waals surface area contributed by atoms with Crippen molar-refractivity contribution in [3.8, 4) is 16.9 Å². The summed E-state index contributed by atoms with van der Waals surface area (Å²) in [6.07, 6.45) is 4.85. The number of amidine groups is 1. The van der Waals surface area contributed by atoms with E-state index in [0.29, 0.717) is 134 Å². The molecule has 5 rings (SSSR count). The lowest BCUT2D eigenvalue weighted by molar-refractivity contribution is -0.184. The summed E-state index contributed by atoms with van der Waals surface area (Å²) in [6.45, 7) is 8.18. The van der Waals surface area contributed by atoms with Crippen LogP contribution in [0.4, 0.5) is 28.0 Å². The van der Waals surface area contributed by atoms with Crippen LogP contribution in [0.1, 0.15) is 44.0 Å². The number of amides is 3. The van der Waals surface area contributed by atoms with Crippen molar-refractivity contribution in [2.24, 2.45) is 10.7 Å². The molecule has 0 spiro atoms. The standard InChI is InChI=1S/C53H71F4N7O20S/c1-2-7-64(83-35-40-34-82-53(68)62-40)52(67)38-28-37-4-3-36(29-41(37)63-42(58)30-38)39-31-59-43(60-32-39)33-61-44(65)5-8-72-10-12-74-14-16-76-18-20-78-22-24-80-26-27-81-25-23-79-21-19-77-17-15-75-13-11-73-9-6-45(66)84-50-46(54)48(56)51(85(69,70)71)49(57)47(50)55/h3-4,28-29,31-32,40H,2,5-27,30,33-35H2,1H3,(H2,58,63)(H,61,65)(H,62,68)(H,69,70,71). The molecule has 85 heavy (non-hydrogen) atoms. The minimum atomic E-state index is -5.65. The third kappa shape index (κ3) is 25.6. The molecule has 0 bridgehead atoms. The Labute approximate surface area is 487 Å². The number of nitrogens with one attached hydrogen (secondary N) is 2. The Kier molecular flexibility index (Phi) is 31.5. The number of aromatic nitrogens is 2. The van der Waals surface area contributed by atoms with Gasteiger partial charge in [0.25, 0.3) is 5.91 Å². The highest BCUT2D eigenvalue weighted by Crippen LogP contribution is 2.34.